The van der Waals surface area contributed by atoms with Crippen LogP contribution in [0.15, 0.2) is 0 Å². The van der Waals surface area contributed by atoms with E-state index < -0.39 is 0 Å². The van der Waals surface area contributed by atoms with E-state index in [0.29, 0.717) is 0 Å². The number of fused-ring (bicyclic) bond motifs is 1. The standard InChI is InChI=1S/C6H10N4O2/c1-9-3-4(8-5(9)11)10(2)6(12)7-3/h3-4H,1-2H3,(H,7,12)(H,8,11). The summed E-state index contributed by atoms with van der Waals surface area (Å²) < 4.78 is 0. The highest BCUT2D eigenvalue weighted by Crippen LogP contribution is 2.17. The molecule has 4 amide bonds. The molecule has 2 atom stereocenters. The Morgan fingerprint density at radius 3 is 1.67 bits per heavy atom. The van der Waals surface area contributed by atoms with E-state index in [2.05, 4.69) is 10.6 Å². The number of hydrogen-bond acceptors (Lipinski definition) is 2. The van der Waals surface area contributed by atoms with Crippen molar-refractivity contribution in [2.45, 2.75) is 12.3 Å². The topological polar surface area (TPSA) is 64.7 Å². The maximum Gasteiger partial charge on any atom is 0.320 e. The van der Waals surface area contributed by atoms with Gasteiger partial charge >= 0.3 is 12.1 Å². The van der Waals surface area contributed by atoms with E-state index >= 15 is 0 Å². The van der Waals surface area contributed by atoms with Crippen molar-refractivity contribution in [3.05, 3.63) is 0 Å². The van der Waals surface area contributed by atoms with Crippen molar-refractivity contribution in [3.63, 3.8) is 0 Å². The van der Waals surface area contributed by atoms with Gasteiger partial charge in [-0.15, -0.1) is 0 Å². The van der Waals surface area contributed by atoms with Crippen LogP contribution in [0.1, 0.15) is 0 Å². The van der Waals surface area contributed by atoms with Gasteiger partial charge in [-0.25, -0.2) is 9.59 Å². The summed E-state index contributed by atoms with van der Waals surface area (Å²) in [5, 5.41) is 5.35. The minimum absolute atomic E-state index is 0.156. The third-order valence-corrected chi connectivity index (χ3v) is 2.32. The number of nitrogens with zero attached hydrogens (tertiary/aromatic N) is 2. The average Bonchev–Trinajstić information content (AvgIpc) is 2.43. The SMILES string of the molecule is CN1C(=O)NC2C1NC(=O)N2C. The summed E-state index contributed by atoms with van der Waals surface area (Å²) in [6.45, 7) is 0. The molecular formula is C6H10N4O2. The smallest absolute Gasteiger partial charge is 0.314 e. The fourth-order valence-corrected chi connectivity index (χ4v) is 1.48. The number of urea groups is 2. The second kappa shape index (κ2) is 2.02. The zero-order valence-electron chi connectivity index (χ0n) is 6.87. The minimum Gasteiger partial charge on any atom is -0.314 e. The molecule has 2 aliphatic heterocycles. The molecule has 2 fully saturated rings. The van der Waals surface area contributed by atoms with E-state index in [4.69, 9.17) is 0 Å². The van der Waals surface area contributed by atoms with Crippen LogP contribution in [0.2, 0.25) is 0 Å². The van der Waals surface area contributed by atoms with E-state index in [1.165, 1.54) is 9.80 Å². The van der Waals surface area contributed by atoms with Crippen molar-refractivity contribution < 1.29 is 9.59 Å². The van der Waals surface area contributed by atoms with Crippen LogP contribution in [0.4, 0.5) is 9.59 Å². The number of amides is 4. The van der Waals surface area contributed by atoms with Gasteiger partial charge in [-0.2, -0.15) is 0 Å². The molecule has 66 valence electrons. The Bertz CT molecular complexity index is 228. The van der Waals surface area contributed by atoms with Crippen LogP contribution in [0.3, 0.4) is 0 Å². The Morgan fingerprint density at radius 2 is 1.33 bits per heavy atom. The number of carbonyl (C=O) groups excluding carboxylic acids is 2. The summed E-state index contributed by atoms with van der Waals surface area (Å²) in [5.74, 6) is 0. The fourth-order valence-electron chi connectivity index (χ4n) is 1.48. The van der Waals surface area contributed by atoms with Crippen molar-refractivity contribution in [1.82, 2.24) is 20.4 Å². The summed E-state index contributed by atoms with van der Waals surface area (Å²) in [6, 6.07) is -0.311. The van der Waals surface area contributed by atoms with Gasteiger partial charge in [0.1, 0.15) is 12.3 Å². The maximum atomic E-state index is 11.1. The van der Waals surface area contributed by atoms with Crippen molar-refractivity contribution in [1.29, 1.82) is 0 Å². The average molecular weight is 170 g/mol. The number of nitrogens with one attached hydrogen (secondary N) is 2. The predicted octanol–water partition coefficient (Wildman–Crippen LogP) is -1.05. The van der Waals surface area contributed by atoms with Gasteiger partial charge in [-0.3, -0.25) is 0 Å². The molecule has 2 rings (SSSR count). The molecule has 0 saturated carbocycles. The summed E-state index contributed by atoms with van der Waals surface area (Å²) >= 11 is 0. The van der Waals surface area contributed by atoms with Gasteiger partial charge in [-0.1, -0.05) is 0 Å². The van der Waals surface area contributed by atoms with Crippen LogP contribution in [-0.2, 0) is 0 Å². The molecule has 2 N–H and O–H groups in total. The van der Waals surface area contributed by atoms with E-state index in [9.17, 15) is 9.59 Å². The van der Waals surface area contributed by atoms with Crippen LogP contribution < -0.4 is 10.6 Å². The van der Waals surface area contributed by atoms with E-state index in [1.807, 2.05) is 0 Å². The first kappa shape index (κ1) is 7.20. The van der Waals surface area contributed by atoms with Gasteiger partial charge < -0.3 is 20.4 Å². The largest absolute Gasteiger partial charge is 0.320 e. The molecule has 0 aliphatic carbocycles. The second-order valence-corrected chi connectivity index (χ2v) is 3.01. The third-order valence-electron chi connectivity index (χ3n) is 2.32. The van der Waals surface area contributed by atoms with Gasteiger partial charge in [0.15, 0.2) is 0 Å². The van der Waals surface area contributed by atoms with Gasteiger partial charge in [0.2, 0.25) is 0 Å². The zero-order valence-corrected chi connectivity index (χ0v) is 6.87. The Hall–Kier alpha value is -1.46. The fraction of sp³-hybridized carbons (Fsp3) is 0.667. The van der Waals surface area contributed by atoms with Gasteiger partial charge in [-0.05, 0) is 0 Å². The van der Waals surface area contributed by atoms with Crippen LogP contribution in [0.5, 0.6) is 0 Å². The maximum absolute atomic E-state index is 11.1. The summed E-state index contributed by atoms with van der Waals surface area (Å²) in [7, 11) is 3.30. The lowest BCUT2D eigenvalue weighted by atomic mass is 10.4. The Kier molecular flexibility index (Phi) is 1.22. The van der Waals surface area contributed by atoms with E-state index in [-0.39, 0.29) is 24.4 Å². The summed E-state index contributed by atoms with van der Waals surface area (Å²) in [4.78, 5) is 25.1. The number of hydrogen-bond donors (Lipinski definition) is 2. The van der Waals surface area contributed by atoms with Crippen molar-refractivity contribution in [2.24, 2.45) is 0 Å². The predicted molar refractivity (Wildman–Crippen MR) is 40.2 cm³/mol. The molecule has 2 saturated heterocycles. The highest BCUT2D eigenvalue weighted by molar-refractivity contribution is 5.84. The van der Waals surface area contributed by atoms with Crippen LogP contribution in [-0.4, -0.2) is 48.3 Å². The Labute approximate surface area is 69.5 Å². The van der Waals surface area contributed by atoms with Crippen LogP contribution >= 0.6 is 0 Å². The monoisotopic (exact) mass is 170 g/mol. The molecule has 0 aromatic heterocycles. The third kappa shape index (κ3) is 0.689. The first-order valence-corrected chi connectivity index (χ1v) is 3.68. The molecule has 2 aliphatic rings. The molecule has 2 unspecified atom stereocenters. The normalized spacial score (nSPS) is 33.5. The molecular weight excluding hydrogens is 160 g/mol. The molecule has 0 aromatic carbocycles. The molecule has 12 heavy (non-hydrogen) atoms. The Morgan fingerprint density at radius 1 is 1.00 bits per heavy atom. The molecule has 6 nitrogen and oxygen atoms in total. The highest BCUT2D eigenvalue weighted by Gasteiger charge is 2.47. The number of likely N-dealkylation sites (N-methyl/N-ethyl adjacent to an activating group) is 2. The quantitative estimate of drug-likeness (QED) is 0.487. The van der Waals surface area contributed by atoms with Crippen molar-refractivity contribution in [2.75, 3.05) is 14.1 Å². The lowest BCUT2D eigenvalue weighted by molar-refractivity contribution is 0.206. The Balaban J connectivity index is 2.24. The van der Waals surface area contributed by atoms with Crippen molar-refractivity contribution >= 4 is 12.1 Å². The zero-order chi connectivity index (χ0) is 8.88. The number of carbonyl (C=O) groups is 2. The molecule has 0 radical (unpaired) electrons. The van der Waals surface area contributed by atoms with E-state index in [0.717, 1.165) is 0 Å². The van der Waals surface area contributed by atoms with Crippen LogP contribution in [0, 0.1) is 0 Å². The minimum atomic E-state index is -0.227. The summed E-state index contributed by atoms with van der Waals surface area (Å²) in [6.07, 6.45) is -0.454. The first-order valence-electron chi connectivity index (χ1n) is 3.68. The summed E-state index contributed by atoms with van der Waals surface area (Å²) in [5.41, 5.74) is 0. The van der Waals surface area contributed by atoms with Crippen LogP contribution in [0.25, 0.3) is 0 Å². The first-order chi connectivity index (χ1) is 5.61. The lowest BCUT2D eigenvalue weighted by Crippen LogP contribution is -2.41. The number of rotatable bonds is 0. The van der Waals surface area contributed by atoms with Gasteiger partial charge in [0.05, 0.1) is 0 Å². The lowest BCUT2D eigenvalue weighted by Gasteiger charge is -2.15. The van der Waals surface area contributed by atoms with E-state index in [1.54, 1.807) is 14.1 Å². The van der Waals surface area contributed by atoms with Crippen molar-refractivity contribution in [3.8, 4) is 0 Å². The van der Waals surface area contributed by atoms with Gasteiger partial charge in [0, 0.05) is 14.1 Å². The highest BCUT2D eigenvalue weighted by atomic mass is 16.2. The van der Waals surface area contributed by atoms with Gasteiger partial charge in [0.25, 0.3) is 0 Å². The molecule has 0 bridgehead atoms. The second-order valence-electron chi connectivity index (χ2n) is 3.01. The molecule has 2 heterocycles. The molecule has 0 spiro atoms. The molecule has 6 heteroatoms. The molecule has 0 aromatic rings.